The average Bonchev–Trinajstić information content (AvgIpc) is 2.85. The van der Waals surface area contributed by atoms with Crippen molar-refractivity contribution in [3.63, 3.8) is 0 Å². The van der Waals surface area contributed by atoms with Gasteiger partial charge in [0.15, 0.2) is 11.8 Å². The van der Waals surface area contributed by atoms with Crippen molar-refractivity contribution in [1.29, 1.82) is 0 Å². The molecule has 1 aromatic heterocycles. The van der Waals surface area contributed by atoms with E-state index in [9.17, 15) is 4.79 Å². The Morgan fingerprint density at radius 1 is 1.59 bits per heavy atom. The van der Waals surface area contributed by atoms with Crippen LogP contribution in [0, 0.1) is 12.8 Å². The number of carbonyl (C=O) groups is 1. The number of piperidine rings is 1. The normalized spacial score (nSPS) is 18.7. The quantitative estimate of drug-likeness (QED) is 0.419. The standard InChI is InChI=1S/C13H22N6O2.HI/c1-9-17-12(18-21-9)7-16-13(15-2)19-5-3-4-10(8-19)6-11(14)20;/h10H,3-8H2,1-2H3,(H2,14,20)(H,15,16);1H. The van der Waals surface area contributed by atoms with Crippen LogP contribution in [0.2, 0.25) is 0 Å². The molecule has 1 saturated heterocycles. The van der Waals surface area contributed by atoms with Gasteiger partial charge in [0.25, 0.3) is 0 Å². The Labute approximate surface area is 146 Å². The molecule has 0 aromatic carbocycles. The molecular formula is C13H23IN6O2. The Kier molecular flexibility index (Phi) is 7.56. The van der Waals surface area contributed by atoms with Gasteiger partial charge in [0.1, 0.15) is 0 Å². The second kappa shape index (κ2) is 8.91. The zero-order chi connectivity index (χ0) is 15.2. The monoisotopic (exact) mass is 422 g/mol. The Balaban J connectivity index is 0.00000242. The predicted molar refractivity (Wildman–Crippen MR) is 92.8 cm³/mol. The molecule has 2 rings (SSSR count). The highest BCUT2D eigenvalue weighted by molar-refractivity contribution is 14.0. The molecule has 0 spiro atoms. The number of rotatable bonds is 4. The summed E-state index contributed by atoms with van der Waals surface area (Å²) in [5, 5.41) is 7.06. The molecule has 1 aliphatic rings. The number of guanidine groups is 1. The maximum atomic E-state index is 11.1. The summed E-state index contributed by atoms with van der Waals surface area (Å²) in [6, 6.07) is 0. The average molecular weight is 422 g/mol. The van der Waals surface area contributed by atoms with Crippen LogP contribution >= 0.6 is 24.0 Å². The minimum absolute atomic E-state index is 0. The lowest BCUT2D eigenvalue weighted by Crippen LogP contribution is -2.47. The molecule has 1 aromatic rings. The SMILES string of the molecule is CN=C(NCc1noc(C)n1)N1CCCC(CC(N)=O)C1.I. The number of likely N-dealkylation sites (tertiary alicyclic amines) is 1. The van der Waals surface area contributed by atoms with Gasteiger partial charge < -0.3 is 20.5 Å². The highest BCUT2D eigenvalue weighted by Crippen LogP contribution is 2.19. The van der Waals surface area contributed by atoms with Gasteiger partial charge in [0.2, 0.25) is 11.8 Å². The first-order valence-electron chi connectivity index (χ1n) is 7.11. The zero-order valence-corrected chi connectivity index (χ0v) is 15.2. The highest BCUT2D eigenvalue weighted by atomic mass is 127. The number of hydrogen-bond donors (Lipinski definition) is 2. The van der Waals surface area contributed by atoms with Gasteiger partial charge in [-0.2, -0.15) is 4.98 Å². The second-order valence-corrected chi connectivity index (χ2v) is 5.26. The first kappa shape index (κ1) is 18.7. The van der Waals surface area contributed by atoms with Crippen LogP contribution in [0.1, 0.15) is 31.0 Å². The molecule has 0 saturated carbocycles. The molecule has 1 atom stereocenters. The molecule has 0 aliphatic carbocycles. The topological polar surface area (TPSA) is 110 Å². The van der Waals surface area contributed by atoms with E-state index < -0.39 is 0 Å². The molecule has 9 heteroatoms. The van der Waals surface area contributed by atoms with Crippen LogP contribution in [0.15, 0.2) is 9.52 Å². The number of hydrogen-bond acceptors (Lipinski definition) is 5. The highest BCUT2D eigenvalue weighted by Gasteiger charge is 2.23. The lowest BCUT2D eigenvalue weighted by molar-refractivity contribution is -0.119. The number of aromatic nitrogens is 2. The molecule has 3 N–H and O–H groups in total. The van der Waals surface area contributed by atoms with Crippen LogP contribution in [0.3, 0.4) is 0 Å². The molecule has 124 valence electrons. The minimum Gasteiger partial charge on any atom is -0.370 e. The van der Waals surface area contributed by atoms with Crippen LogP contribution in [-0.2, 0) is 11.3 Å². The van der Waals surface area contributed by atoms with Gasteiger partial charge in [0, 0.05) is 33.5 Å². The van der Waals surface area contributed by atoms with Crippen molar-refractivity contribution >= 4 is 35.8 Å². The van der Waals surface area contributed by atoms with Gasteiger partial charge in [-0.15, -0.1) is 24.0 Å². The number of primary amides is 1. The summed E-state index contributed by atoms with van der Waals surface area (Å²) in [6.45, 7) is 3.92. The summed E-state index contributed by atoms with van der Waals surface area (Å²) in [5.74, 6) is 1.97. The lowest BCUT2D eigenvalue weighted by atomic mass is 9.95. The fourth-order valence-electron chi connectivity index (χ4n) is 2.61. The molecule has 8 nitrogen and oxygen atoms in total. The van der Waals surface area contributed by atoms with Crippen molar-refractivity contribution in [3.05, 3.63) is 11.7 Å². The smallest absolute Gasteiger partial charge is 0.223 e. The minimum atomic E-state index is -0.243. The van der Waals surface area contributed by atoms with Gasteiger partial charge in [0.05, 0.1) is 6.54 Å². The van der Waals surface area contributed by atoms with Crippen molar-refractivity contribution < 1.29 is 9.32 Å². The maximum absolute atomic E-state index is 11.1. The number of aliphatic imine (C=N–C) groups is 1. The van der Waals surface area contributed by atoms with E-state index in [1.54, 1.807) is 14.0 Å². The van der Waals surface area contributed by atoms with Crippen LogP contribution in [0.25, 0.3) is 0 Å². The number of aryl methyl sites for hydroxylation is 1. The van der Waals surface area contributed by atoms with E-state index in [2.05, 4.69) is 25.3 Å². The molecule has 1 fully saturated rings. The summed E-state index contributed by atoms with van der Waals surface area (Å²) >= 11 is 0. The Bertz CT molecular complexity index is 518. The summed E-state index contributed by atoms with van der Waals surface area (Å²) in [4.78, 5) is 21.6. The molecule has 0 bridgehead atoms. The van der Waals surface area contributed by atoms with Gasteiger partial charge in [-0.05, 0) is 18.8 Å². The van der Waals surface area contributed by atoms with Crippen LogP contribution < -0.4 is 11.1 Å². The third-order valence-electron chi connectivity index (χ3n) is 3.49. The fourth-order valence-corrected chi connectivity index (χ4v) is 2.61. The van der Waals surface area contributed by atoms with Crippen LogP contribution in [-0.4, -0.2) is 47.0 Å². The molecule has 1 unspecified atom stereocenters. The maximum Gasteiger partial charge on any atom is 0.223 e. The number of halogens is 1. The molecule has 0 radical (unpaired) electrons. The van der Waals surface area contributed by atoms with Crippen molar-refractivity contribution in [2.75, 3.05) is 20.1 Å². The fraction of sp³-hybridized carbons (Fsp3) is 0.692. The van der Waals surface area contributed by atoms with E-state index >= 15 is 0 Å². The van der Waals surface area contributed by atoms with Crippen molar-refractivity contribution in [2.24, 2.45) is 16.6 Å². The molecule has 22 heavy (non-hydrogen) atoms. The van der Waals surface area contributed by atoms with E-state index in [0.29, 0.717) is 30.6 Å². The van der Waals surface area contributed by atoms with Crippen LogP contribution in [0.5, 0.6) is 0 Å². The Morgan fingerprint density at radius 2 is 2.36 bits per heavy atom. The summed E-state index contributed by atoms with van der Waals surface area (Å²) in [6.07, 6.45) is 2.48. The van der Waals surface area contributed by atoms with E-state index in [1.807, 2.05) is 0 Å². The number of nitrogens with two attached hydrogens (primary N) is 1. The number of carbonyl (C=O) groups excluding carboxylic acids is 1. The van der Waals surface area contributed by atoms with E-state index in [1.165, 1.54) is 0 Å². The van der Waals surface area contributed by atoms with Gasteiger partial charge in [-0.25, -0.2) is 0 Å². The van der Waals surface area contributed by atoms with E-state index in [-0.39, 0.29) is 29.9 Å². The lowest BCUT2D eigenvalue weighted by Gasteiger charge is -2.34. The second-order valence-electron chi connectivity index (χ2n) is 5.26. The molecular weight excluding hydrogens is 399 g/mol. The van der Waals surface area contributed by atoms with Crippen molar-refractivity contribution in [2.45, 2.75) is 32.7 Å². The predicted octanol–water partition coefficient (Wildman–Crippen LogP) is 0.659. The third-order valence-corrected chi connectivity index (χ3v) is 3.49. The van der Waals surface area contributed by atoms with Gasteiger partial charge >= 0.3 is 0 Å². The van der Waals surface area contributed by atoms with Gasteiger partial charge in [-0.1, -0.05) is 5.16 Å². The number of amides is 1. The summed E-state index contributed by atoms with van der Waals surface area (Å²) in [5.41, 5.74) is 5.28. The molecule has 1 amide bonds. The third kappa shape index (κ3) is 5.43. The molecule has 1 aliphatic heterocycles. The van der Waals surface area contributed by atoms with Crippen LogP contribution in [0.4, 0.5) is 0 Å². The van der Waals surface area contributed by atoms with Crippen molar-refractivity contribution in [1.82, 2.24) is 20.4 Å². The Hall–Kier alpha value is -1.39. The molecule has 2 heterocycles. The van der Waals surface area contributed by atoms with Crippen molar-refractivity contribution in [3.8, 4) is 0 Å². The summed E-state index contributed by atoms with van der Waals surface area (Å²) < 4.78 is 4.93. The van der Waals surface area contributed by atoms with E-state index in [4.69, 9.17) is 10.3 Å². The number of nitrogens with one attached hydrogen (secondary N) is 1. The van der Waals surface area contributed by atoms with Gasteiger partial charge in [-0.3, -0.25) is 9.79 Å². The zero-order valence-electron chi connectivity index (χ0n) is 12.9. The Morgan fingerprint density at radius 3 is 2.95 bits per heavy atom. The first-order chi connectivity index (χ1) is 10.1. The van der Waals surface area contributed by atoms with E-state index in [0.717, 1.165) is 31.9 Å². The largest absolute Gasteiger partial charge is 0.370 e. The number of nitrogens with zero attached hydrogens (tertiary/aromatic N) is 4. The first-order valence-corrected chi connectivity index (χ1v) is 7.11. The summed E-state index contributed by atoms with van der Waals surface area (Å²) in [7, 11) is 1.74.